The first kappa shape index (κ1) is 21.3. The highest BCUT2D eigenvalue weighted by atomic mass is 32.2. The number of nitrogens with zero attached hydrogens (tertiary/aromatic N) is 2. The Kier molecular flexibility index (Phi) is 6.87. The smallest absolute Gasteiger partial charge is 0.262 e. The summed E-state index contributed by atoms with van der Waals surface area (Å²) in [5.41, 5.74) is 2.38. The third kappa shape index (κ3) is 4.60. The molecule has 6 heteroatoms. The van der Waals surface area contributed by atoms with Crippen molar-refractivity contribution in [3.63, 3.8) is 0 Å². The summed E-state index contributed by atoms with van der Waals surface area (Å²) >= 11 is 1.31. The molecule has 2 aromatic carbocycles. The van der Waals surface area contributed by atoms with Crippen LogP contribution in [0, 0.1) is 0 Å². The molecule has 152 valence electrons. The molecule has 29 heavy (non-hydrogen) atoms. The number of aromatic nitrogens is 2. The highest BCUT2D eigenvalue weighted by Gasteiger charge is 2.22. The number of rotatable bonds is 8. The lowest BCUT2D eigenvalue weighted by Crippen LogP contribution is -2.29. The Balaban J connectivity index is 1.97. The summed E-state index contributed by atoms with van der Waals surface area (Å²) in [6, 6.07) is 14.8. The van der Waals surface area contributed by atoms with E-state index in [9.17, 15) is 9.59 Å². The van der Waals surface area contributed by atoms with E-state index in [1.54, 1.807) is 17.7 Å². The second-order valence-corrected chi connectivity index (χ2v) is 8.37. The Morgan fingerprint density at radius 2 is 1.83 bits per heavy atom. The average Bonchev–Trinajstić information content (AvgIpc) is 2.73. The summed E-state index contributed by atoms with van der Waals surface area (Å²) in [6.07, 6.45) is 0.934. The summed E-state index contributed by atoms with van der Waals surface area (Å²) in [7, 11) is 1.61. The molecule has 3 aromatic rings. The molecule has 0 aliphatic rings. The van der Waals surface area contributed by atoms with E-state index in [1.165, 1.54) is 17.3 Å². The largest absolute Gasteiger partial charge is 0.383 e. The van der Waals surface area contributed by atoms with Crippen LogP contribution in [0.1, 0.15) is 42.7 Å². The molecule has 0 bridgehead atoms. The normalized spacial score (nSPS) is 13.4. The van der Waals surface area contributed by atoms with E-state index in [0.29, 0.717) is 28.2 Å². The van der Waals surface area contributed by atoms with Crippen molar-refractivity contribution in [3.8, 4) is 0 Å². The fourth-order valence-electron chi connectivity index (χ4n) is 3.26. The lowest BCUT2D eigenvalue weighted by molar-refractivity contribution is 0.0993. The zero-order valence-electron chi connectivity index (χ0n) is 17.2. The Bertz CT molecular complexity index is 1060. The second-order valence-electron chi connectivity index (χ2n) is 7.07. The van der Waals surface area contributed by atoms with Gasteiger partial charge in [-0.3, -0.25) is 14.2 Å². The van der Waals surface area contributed by atoms with E-state index >= 15 is 0 Å². The molecule has 0 aliphatic heterocycles. The van der Waals surface area contributed by atoms with Crippen LogP contribution in [-0.2, 0) is 11.2 Å². The highest BCUT2D eigenvalue weighted by molar-refractivity contribution is 8.00. The number of hydrogen-bond donors (Lipinski definition) is 0. The molecular formula is C23H26N2O3S. The standard InChI is InChI=1S/C23H26N2O3S/c1-5-17-10-12-18(13-11-17)21(26)16(3)29-23-24-20-9-7-6-8-19(20)22(27)25(23)15(2)14-28-4/h6-13,15-16H,5,14H2,1-4H3/t15-,16+/m1/s1. The van der Waals surface area contributed by atoms with Crippen LogP contribution in [-0.4, -0.2) is 34.3 Å². The van der Waals surface area contributed by atoms with Gasteiger partial charge >= 0.3 is 0 Å². The van der Waals surface area contributed by atoms with Crippen LogP contribution >= 0.6 is 11.8 Å². The van der Waals surface area contributed by atoms with Crippen molar-refractivity contribution in [3.05, 3.63) is 70.0 Å². The van der Waals surface area contributed by atoms with Crippen LogP contribution in [0.5, 0.6) is 0 Å². The summed E-state index contributed by atoms with van der Waals surface area (Å²) in [5, 5.41) is 0.717. The predicted molar refractivity (Wildman–Crippen MR) is 118 cm³/mol. The van der Waals surface area contributed by atoms with Crippen LogP contribution in [0.2, 0.25) is 0 Å². The van der Waals surface area contributed by atoms with Gasteiger partial charge in [0.15, 0.2) is 10.9 Å². The maximum absolute atomic E-state index is 13.1. The van der Waals surface area contributed by atoms with Gasteiger partial charge in [0.25, 0.3) is 5.56 Å². The van der Waals surface area contributed by atoms with Gasteiger partial charge in [0.2, 0.25) is 0 Å². The van der Waals surface area contributed by atoms with Crippen LogP contribution in [0.4, 0.5) is 0 Å². The number of methoxy groups -OCH3 is 1. The lowest BCUT2D eigenvalue weighted by Gasteiger charge is -2.20. The summed E-state index contributed by atoms with van der Waals surface area (Å²) in [5.74, 6) is 0.0194. The van der Waals surface area contributed by atoms with Gasteiger partial charge in [0, 0.05) is 12.7 Å². The number of hydrogen-bond acceptors (Lipinski definition) is 5. The minimum atomic E-state index is -0.378. The topological polar surface area (TPSA) is 61.2 Å². The molecule has 0 spiro atoms. The van der Waals surface area contributed by atoms with E-state index in [4.69, 9.17) is 9.72 Å². The molecule has 0 radical (unpaired) electrons. The van der Waals surface area contributed by atoms with Crippen molar-refractivity contribution in [2.45, 2.75) is 43.6 Å². The molecular weight excluding hydrogens is 384 g/mol. The summed E-state index contributed by atoms with van der Waals surface area (Å²) < 4.78 is 6.90. The number of carbonyl (C=O) groups is 1. The van der Waals surface area contributed by atoms with E-state index < -0.39 is 0 Å². The fourth-order valence-corrected chi connectivity index (χ4v) is 4.35. The molecule has 2 atom stereocenters. The Morgan fingerprint density at radius 1 is 1.14 bits per heavy atom. The van der Waals surface area contributed by atoms with Gasteiger partial charge in [-0.25, -0.2) is 4.98 Å². The zero-order chi connectivity index (χ0) is 21.0. The van der Waals surface area contributed by atoms with Gasteiger partial charge in [-0.05, 0) is 38.0 Å². The van der Waals surface area contributed by atoms with Crippen molar-refractivity contribution < 1.29 is 9.53 Å². The van der Waals surface area contributed by atoms with Crippen molar-refractivity contribution in [2.75, 3.05) is 13.7 Å². The van der Waals surface area contributed by atoms with E-state index in [2.05, 4.69) is 6.92 Å². The number of fused-ring (bicyclic) bond motifs is 1. The summed E-state index contributed by atoms with van der Waals surface area (Å²) in [6.45, 7) is 6.24. The first-order valence-corrected chi connectivity index (χ1v) is 10.6. The number of para-hydroxylation sites is 1. The maximum Gasteiger partial charge on any atom is 0.262 e. The summed E-state index contributed by atoms with van der Waals surface area (Å²) in [4.78, 5) is 30.8. The third-order valence-corrected chi connectivity index (χ3v) is 5.99. The van der Waals surface area contributed by atoms with Gasteiger partial charge in [-0.1, -0.05) is 55.1 Å². The lowest BCUT2D eigenvalue weighted by atomic mass is 10.1. The minimum Gasteiger partial charge on any atom is -0.383 e. The number of Topliss-reactive ketones (excluding diaryl/α,β-unsaturated/α-hetero) is 1. The zero-order valence-corrected chi connectivity index (χ0v) is 18.0. The van der Waals surface area contributed by atoms with Gasteiger partial charge in [0.1, 0.15) is 0 Å². The van der Waals surface area contributed by atoms with Gasteiger partial charge in [-0.15, -0.1) is 0 Å². The third-order valence-electron chi connectivity index (χ3n) is 4.92. The molecule has 0 amide bonds. The van der Waals surface area contributed by atoms with E-state index in [-0.39, 0.29) is 22.6 Å². The molecule has 0 fully saturated rings. The Labute approximate surface area is 175 Å². The Hall–Kier alpha value is -2.44. The number of aryl methyl sites for hydroxylation is 1. The van der Waals surface area contributed by atoms with Crippen LogP contribution < -0.4 is 5.56 Å². The van der Waals surface area contributed by atoms with Gasteiger partial charge < -0.3 is 4.74 Å². The monoisotopic (exact) mass is 410 g/mol. The molecule has 0 saturated carbocycles. The number of ether oxygens (including phenoxy) is 1. The molecule has 1 heterocycles. The second kappa shape index (κ2) is 9.37. The van der Waals surface area contributed by atoms with Crippen molar-refractivity contribution in [1.29, 1.82) is 0 Å². The van der Waals surface area contributed by atoms with Gasteiger partial charge in [0.05, 0.1) is 28.8 Å². The molecule has 0 saturated heterocycles. The number of thioether (sulfide) groups is 1. The van der Waals surface area contributed by atoms with E-state index in [0.717, 1.165) is 6.42 Å². The SMILES string of the molecule is CCc1ccc(C(=O)[C@H](C)Sc2nc3ccccc3c(=O)n2[C@H](C)COC)cc1. The number of ketones is 1. The first-order chi connectivity index (χ1) is 14.0. The number of carbonyl (C=O) groups excluding carboxylic acids is 1. The maximum atomic E-state index is 13.1. The van der Waals surface area contributed by atoms with Gasteiger partial charge in [-0.2, -0.15) is 0 Å². The fraction of sp³-hybridized carbons (Fsp3) is 0.348. The first-order valence-electron chi connectivity index (χ1n) is 9.76. The molecule has 1 aromatic heterocycles. The molecule has 0 unspecified atom stereocenters. The van der Waals surface area contributed by atoms with Crippen LogP contribution in [0.15, 0.2) is 58.5 Å². The van der Waals surface area contributed by atoms with Crippen molar-refractivity contribution >= 4 is 28.4 Å². The molecule has 0 aliphatic carbocycles. The van der Waals surface area contributed by atoms with E-state index in [1.807, 2.05) is 56.3 Å². The molecule has 0 N–H and O–H groups in total. The Morgan fingerprint density at radius 3 is 2.48 bits per heavy atom. The quantitative estimate of drug-likeness (QED) is 0.310. The molecule has 5 nitrogen and oxygen atoms in total. The average molecular weight is 411 g/mol. The van der Waals surface area contributed by atoms with Crippen LogP contribution in [0.25, 0.3) is 10.9 Å². The number of benzene rings is 2. The minimum absolute atomic E-state index is 0.0194. The molecule has 3 rings (SSSR count). The highest BCUT2D eigenvalue weighted by Crippen LogP contribution is 2.27. The predicted octanol–water partition coefficient (Wildman–Crippen LogP) is 4.53. The van der Waals surface area contributed by atoms with Crippen molar-refractivity contribution in [1.82, 2.24) is 9.55 Å². The van der Waals surface area contributed by atoms with Crippen molar-refractivity contribution in [2.24, 2.45) is 0 Å². The van der Waals surface area contributed by atoms with Crippen LogP contribution in [0.3, 0.4) is 0 Å².